The number of hydrogen-bond acceptors (Lipinski definition) is 3. The summed E-state index contributed by atoms with van der Waals surface area (Å²) in [6.07, 6.45) is 17.6. The maximum atomic E-state index is 10.3. The molecule has 100 valence electrons. The van der Waals surface area contributed by atoms with Crippen LogP contribution in [0.1, 0.15) is 28.4 Å². The molecule has 3 heteroatoms. The van der Waals surface area contributed by atoms with Crippen LogP contribution < -0.4 is 0 Å². The fourth-order valence-corrected chi connectivity index (χ4v) is 3.99. The Bertz CT molecular complexity index is 715. The van der Waals surface area contributed by atoms with Crippen molar-refractivity contribution in [1.82, 2.24) is 4.98 Å². The van der Waals surface area contributed by atoms with Crippen LogP contribution in [0.5, 0.6) is 0 Å². The summed E-state index contributed by atoms with van der Waals surface area (Å²) in [5, 5.41) is 11.3. The van der Waals surface area contributed by atoms with Gasteiger partial charge in [-0.2, -0.15) is 0 Å². The third-order valence-corrected chi connectivity index (χ3v) is 5.14. The third kappa shape index (κ3) is 1.90. The van der Waals surface area contributed by atoms with Crippen LogP contribution in [0.15, 0.2) is 47.8 Å². The van der Waals surface area contributed by atoms with Crippen molar-refractivity contribution in [2.75, 3.05) is 0 Å². The van der Waals surface area contributed by atoms with E-state index in [0.717, 1.165) is 29.1 Å². The van der Waals surface area contributed by atoms with Crippen LogP contribution in [0.4, 0.5) is 0 Å². The van der Waals surface area contributed by atoms with E-state index in [1.807, 2.05) is 6.08 Å². The molecule has 0 aromatic carbocycles. The van der Waals surface area contributed by atoms with Gasteiger partial charge in [-0.3, -0.25) is 0 Å². The van der Waals surface area contributed by atoms with Crippen molar-refractivity contribution in [3.63, 3.8) is 0 Å². The lowest BCUT2D eigenvalue weighted by atomic mass is 9.85. The molecule has 3 aliphatic carbocycles. The van der Waals surface area contributed by atoms with Gasteiger partial charge in [-0.1, -0.05) is 30.4 Å². The van der Waals surface area contributed by atoms with E-state index >= 15 is 0 Å². The summed E-state index contributed by atoms with van der Waals surface area (Å²) in [6, 6.07) is 0. The van der Waals surface area contributed by atoms with Crippen molar-refractivity contribution in [2.45, 2.75) is 19.3 Å². The minimum absolute atomic E-state index is 0.318. The molecule has 4 rings (SSSR count). The molecule has 1 unspecified atom stereocenters. The monoisotopic (exact) mass is 281 g/mol. The predicted octanol–water partition coefficient (Wildman–Crippen LogP) is 4.44. The van der Waals surface area contributed by atoms with Gasteiger partial charge in [0.05, 0.1) is 5.69 Å². The Kier molecular flexibility index (Phi) is 2.74. The van der Waals surface area contributed by atoms with Crippen LogP contribution in [-0.2, 0) is 6.42 Å². The molecule has 0 radical (unpaired) electrons. The van der Waals surface area contributed by atoms with E-state index < -0.39 is 0 Å². The van der Waals surface area contributed by atoms with Crippen LogP contribution in [0.25, 0.3) is 11.6 Å². The van der Waals surface area contributed by atoms with Crippen LogP contribution in [0, 0.1) is 5.92 Å². The first-order chi connectivity index (χ1) is 9.81. The number of aliphatic hydroxyl groups excluding tert-OH is 1. The topological polar surface area (TPSA) is 33.1 Å². The minimum Gasteiger partial charge on any atom is -0.512 e. The van der Waals surface area contributed by atoms with E-state index in [-0.39, 0.29) is 0 Å². The summed E-state index contributed by atoms with van der Waals surface area (Å²) in [6.45, 7) is 0. The highest BCUT2D eigenvalue weighted by molar-refractivity contribution is 7.13. The predicted molar refractivity (Wildman–Crippen MR) is 83.5 cm³/mol. The van der Waals surface area contributed by atoms with Crippen LogP contribution in [0.3, 0.4) is 0 Å². The molecular weight excluding hydrogens is 266 g/mol. The normalized spacial score (nSPS) is 23.6. The van der Waals surface area contributed by atoms with Crippen LogP contribution >= 0.6 is 11.3 Å². The molecule has 1 aromatic heterocycles. The molecule has 0 spiro atoms. The molecule has 0 amide bonds. The van der Waals surface area contributed by atoms with E-state index in [9.17, 15) is 5.11 Å². The molecular formula is C17H15NOS. The number of nitrogens with zero attached hydrogens (tertiary/aromatic N) is 1. The second-order valence-electron chi connectivity index (χ2n) is 5.33. The summed E-state index contributed by atoms with van der Waals surface area (Å²) in [7, 11) is 0. The molecule has 0 saturated carbocycles. The van der Waals surface area contributed by atoms with Crippen LogP contribution in [0.2, 0.25) is 0 Å². The second-order valence-corrected chi connectivity index (χ2v) is 6.41. The number of aryl methyl sites for hydroxylation is 1. The first-order valence-electron chi connectivity index (χ1n) is 6.96. The number of allylic oxidation sites excluding steroid dienone is 9. The quantitative estimate of drug-likeness (QED) is 0.825. The molecule has 3 aliphatic rings. The number of rotatable bonds is 1. The third-order valence-electron chi connectivity index (χ3n) is 3.98. The van der Waals surface area contributed by atoms with Crippen molar-refractivity contribution >= 4 is 23.0 Å². The SMILES string of the molecule is OC1=C(c2nc3c(s2)CCC=C3)C=C2C=CC=CC2C1. The first-order valence-corrected chi connectivity index (χ1v) is 7.78. The maximum absolute atomic E-state index is 10.3. The highest BCUT2D eigenvalue weighted by atomic mass is 32.1. The zero-order valence-corrected chi connectivity index (χ0v) is 11.9. The highest BCUT2D eigenvalue weighted by Gasteiger charge is 2.24. The highest BCUT2D eigenvalue weighted by Crippen LogP contribution is 2.38. The van der Waals surface area contributed by atoms with Gasteiger partial charge in [-0.05, 0) is 30.6 Å². The molecule has 1 aromatic rings. The number of aliphatic hydroxyl groups is 1. The summed E-state index contributed by atoms with van der Waals surface area (Å²) >= 11 is 1.72. The summed E-state index contributed by atoms with van der Waals surface area (Å²) in [5.41, 5.74) is 3.25. The molecule has 2 nitrogen and oxygen atoms in total. The van der Waals surface area contributed by atoms with Crippen molar-refractivity contribution < 1.29 is 5.11 Å². The molecule has 0 fully saturated rings. The van der Waals surface area contributed by atoms with Gasteiger partial charge in [-0.15, -0.1) is 11.3 Å². The Labute approximate surface area is 122 Å². The largest absolute Gasteiger partial charge is 0.512 e. The molecule has 1 N–H and O–H groups in total. The Morgan fingerprint density at radius 3 is 3.10 bits per heavy atom. The van der Waals surface area contributed by atoms with Gasteiger partial charge in [0.15, 0.2) is 0 Å². The Balaban J connectivity index is 1.76. The van der Waals surface area contributed by atoms with E-state index in [0.29, 0.717) is 18.1 Å². The van der Waals surface area contributed by atoms with E-state index in [1.54, 1.807) is 11.3 Å². The zero-order valence-electron chi connectivity index (χ0n) is 11.0. The van der Waals surface area contributed by atoms with Gasteiger partial charge < -0.3 is 5.11 Å². The summed E-state index contributed by atoms with van der Waals surface area (Å²) < 4.78 is 0. The summed E-state index contributed by atoms with van der Waals surface area (Å²) in [4.78, 5) is 6.03. The van der Waals surface area contributed by atoms with Crippen molar-refractivity contribution in [2.24, 2.45) is 5.92 Å². The Morgan fingerprint density at radius 2 is 2.20 bits per heavy atom. The maximum Gasteiger partial charge on any atom is 0.127 e. The van der Waals surface area contributed by atoms with Crippen molar-refractivity contribution in [1.29, 1.82) is 0 Å². The molecule has 0 saturated heterocycles. The number of fused-ring (bicyclic) bond motifs is 2. The smallest absolute Gasteiger partial charge is 0.127 e. The number of hydrogen-bond donors (Lipinski definition) is 1. The fourth-order valence-electron chi connectivity index (χ4n) is 2.89. The van der Waals surface area contributed by atoms with Gasteiger partial charge in [-0.25, -0.2) is 4.98 Å². The lowest BCUT2D eigenvalue weighted by Crippen LogP contribution is -2.09. The Morgan fingerprint density at radius 1 is 1.25 bits per heavy atom. The average molecular weight is 281 g/mol. The van der Waals surface area contributed by atoms with Crippen LogP contribution in [-0.4, -0.2) is 10.1 Å². The second kappa shape index (κ2) is 4.60. The van der Waals surface area contributed by atoms with Crippen molar-refractivity contribution in [3.8, 4) is 0 Å². The Hall–Kier alpha value is -1.87. The average Bonchev–Trinajstić information content (AvgIpc) is 2.90. The first kappa shape index (κ1) is 11.9. The van der Waals surface area contributed by atoms with Gasteiger partial charge in [0.1, 0.15) is 10.8 Å². The molecule has 0 aliphatic heterocycles. The summed E-state index contributed by atoms with van der Waals surface area (Å²) in [5.74, 6) is 0.784. The van der Waals surface area contributed by atoms with E-state index in [1.165, 1.54) is 10.5 Å². The molecule has 1 atom stereocenters. The lowest BCUT2D eigenvalue weighted by Gasteiger charge is -2.22. The standard InChI is InChI=1S/C17H15NOS/c19-15-10-12-6-2-1-5-11(12)9-13(15)17-18-14-7-3-4-8-16(14)20-17/h1-3,5-7,9,12,19H,4,8,10H2. The van der Waals surface area contributed by atoms with Gasteiger partial charge in [0, 0.05) is 22.8 Å². The van der Waals surface area contributed by atoms with E-state index in [2.05, 4.69) is 41.4 Å². The van der Waals surface area contributed by atoms with Crippen molar-refractivity contribution in [3.05, 3.63) is 63.4 Å². The number of thiazole rings is 1. The molecule has 0 bridgehead atoms. The zero-order chi connectivity index (χ0) is 13.5. The van der Waals surface area contributed by atoms with Gasteiger partial charge >= 0.3 is 0 Å². The molecule has 20 heavy (non-hydrogen) atoms. The van der Waals surface area contributed by atoms with Gasteiger partial charge in [0.25, 0.3) is 0 Å². The molecule has 1 heterocycles. The van der Waals surface area contributed by atoms with E-state index in [4.69, 9.17) is 0 Å². The number of aromatic nitrogens is 1. The fraction of sp³-hybridized carbons (Fsp3) is 0.235. The van der Waals surface area contributed by atoms with Gasteiger partial charge in [0.2, 0.25) is 0 Å². The minimum atomic E-state index is 0.318. The lowest BCUT2D eigenvalue weighted by molar-refractivity contribution is 0.377.